The van der Waals surface area contributed by atoms with E-state index in [9.17, 15) is 0 Å². The Morgan fingerprint density at radius 3 is 2.46 bits per heavy atom. The standard InChI is InChI=1S/C10H22N2O/c1-8-6-10(7-9(2)12-8)13-5-3-4-11/h8-10,12H,3-7,11H2,1-2H3. The summed E-state index contributed by atoms with van der Waals surface area (Å²) in [5.41, 5.74) is 5.41. The molecule has 13 heavy (non-hydrogen) atoms. The highest BCUT2D eigenvalue weighted by Gasteiger charge is 2.23. The lowest BCUT2D eigenvalue weighted by Crippen LogP contribution is -2.45. The Kier molecular flexibility index (Phi) is 4.70. The minimum Gasteiger partial charge on any atom is -0.378 e. The van der Waals surface area contributed by atoms with Gasteiger partial charge in [-0.05, 0) is 39.7 Å². The van der Waals surface area contributed by atoms with Gasteiger partial charge < -0.3 is 15.8 Å². The third-order valence-corrected chi connectivity index (χ3v) is 2.50. The van der Waals surface area contributed by atoms with Crippen LogP contribution in [0.3, 0.4) is 0 Å². The molecule has 1 aliphatic rings. The maximum Gasteiger partial charge on any atom is 0.0604 e. The molecule has 0 spiro atoms. The zero-order chi connectivity index (χ0) is 9.68. The van der Waals surface area contributed by atoms with Crippen molar-refractivity contribution in [1.82, 2.24) is 5.32 Å². The summed E-state index contributed by atoms with van der Waals surface area (Å²) in [6.07, 6.45) is 3.69. The van der Waals surface area contributed by atoms with Crippen molar-refractivity contribution >= 4 is 0 Å². The molecule has 0 aliphatic carbocycles. The van der Waals surface area contributed by atoms with Crippen LogP contribution in [-0.2, 0) is 4.74 Å². The van der Waals surface area contributed by atoms with Crippen LogP contribution in [0.15, 0.2) is 0 Å². The van der Waals surface area contributed by atoms with E-state index in [0.717, 1.165) is 32.4 Å². The van der Waals surface area contributed by atoms with Gasteiger partial charge in [0.2, 0.25) is 0 Å². The van der Waals surface area contributed by atoms with Crippen LogP contribution in [-0.4, -0.2) is 31.3 Å². The molecule has 78 valence electrons. The van der Waals surface area contributed by atoms with E-state index < -0.39 is 0 Å². The second-order valence-corrected chi connectivity index (χ2v) is 4.08. The van der Waals surface area contributed by atoms with Gasteiger partial charge in [-0.25, -0.2) is 0 Å². The average molecular weight is 186 g/mol. The van der Waals surface area contributed by atoms with Crippen LogP contribution in [0.2, 0.25) is 0 Å². The topological polar surface area (TPSA) is 47.3 Å². The van der Waals surface area contributed by atoms with E-state index in [1.165, 1.54) is 0 Å². The molecule has 3 nitrogen and oxygen atoms in total. The molecule has 0 aromatic heterocycles. The number of hydrogen-bond acceptors (Lipinski definition) is 3. The Morgan fingerprint density at radius 1 is 1.31 bits per heavy atom. The highest BCUT2D eigenvalue weighted by molar-refractivity contribution is 4.81. The van der Waals surface area contributed by atoms with Gasteiger partial charge in [-0.1, -0.05) is 0 Å². The summed E-state index contributed by atoms with van der Waals surface area (Å²) in [6, 6.07) is 1.18. The van der Waals surface area contributed by atoms with Gasteiger partial charge in [-0.2, -0.15) is 0 Å². The molecule has 0 aromatic carbocycles. The molecule has 1 saturated heterocycles. The van der Waals surface area contributed by atoms with Gasteiger partial charge in [0.15, 0.2) is 0 Å². The number of nitrogens with one attached hydrogen (secondary N) is 1. The van der Waals surface area contributed by atoms with Crippen molar-refractivity contribution in [3.8, 4) is 0 Å². The Labute approximate surface area is 81.0 Å². The quantitative estimate of drug-likeness (QED) is 0.641. The molecule has 0 saturated carbocycles. The van der Waals surface area contributed by atoms with Gasteiger partial charge in [0.25, 0.3) is 0 Å². The molecule has 3 N–H and O–H groups in total. The molecule has 2 unspecified atom stereocenters. The largest absolute Gasteiger partial charge is 0.378 e. The lowest BCUT2D eigenvalue weighted by Gasteiger charge is -2.32. The first kappa shape index (κ1) is 11.0. The molecule has 0 radical (unpaired) electrons. The number of nitrogens with two attached hydrogens (primary N) is 1. The molecule has 0 amide bonds. The van der Waals surface area contributed by atoms with Crippen LogP contribution in [0.25, 0.3) is 0 Å². The summed E-state index contributed by atoms with van der Waals surface area (Å²) in [6.45, 7) is 5.99. The summed E-state index contributed by atoms with van der Waals surface area (Å²) in [5, 5.41) is 3.49. The van der Waals surface area contributed by atoms with Crippen molar-refractivity contribution < 1.29 is 4.74 Å². The normalized spacial score (nSPS) is 34.8. The fourth-order valence-corrected chi connectivity index (χ4v) is 1.98. The Morgan fingerprint density at radius 2 is 1.92 bits per heavy atom. The fourth-order valence-electron chi connectivity index (χ4n) is 1.98. The lowest BCUT2D eigenvalue weighted by molar-refractivity contribution is 0.0135. The molecular weight excluding hydrogens is 164 g/mol. The summed E-state index contributed by atoms with van der Waals surface area (Å²) >= 11 is 0. The van der Waals surface area contributed by atoms with Crippen LogP contribution >= 0.6 is 0 Å². The lowest BCUT2D eigenvalue weighted by atomic mass is 9.98. The molecule has 1 rings (SSSR count). The molecule has 0 bridgehead atoms. The predicted octanol–water partition coefficient (Wildman–Crippen LogP) is 0.881. The number of ether oxygens (including phenoxy) is 1. The summed E-state index contributed by atoms with van der Waals surface area (Å²) in [5.74, 6) is 0. The van der Waals surface area contributed by atoms with Gasteiger partial charge in [0.1, 0.15) is 0 Å². The van der Waals surface area contributed by atoms with Gasteiger partial charge in [-0.15, -0.1) is 0 Å². The molecule has 3 heteroatoms. The van der Waals surface area contributed by atoms with E-state index in [0.29, 0.717) is 18.2 Å². The molecule has 0 aromatic rings. The maximum absolute atomic E-state index is 5.74. The fraction of sp³-hybridized carbons (Fsp3) is 1.00. The van der Waals surface area contributed by atoms with E-state index >= 15 is 0 Å². The van der Waals surface area contributed by atoms with Crippen molar-refractivity contribution in [2.45, 2.75) is 51.3 Å². The maximum atomic E-state index is 5.74. The zero-order valence-corrected chi connectivity index (χ0v) is 8.75. The van der Waals surface area contributed by atoms with Crippen LogP contribution in [0.1, 0.15) is 33.1 Å². The average Bonchev–Trinajstić information content (AvgIpc) is 2.03. The Bertz CT molecular complexity index is 131. The van der Waals surface area contributed by atoms with Crippen LogP contribution in [0.4, 0.5) is 0 Å². The number of hydrogen-bond donors (Lipinski definition) is 2. The predicted molar refractivity (Wildman–Crippen MR) is 54.7 cm³/mol. The van der Waals surface area contributed by atoms with Gasteiger partial charge in [0.05, 0.1) is 6.10 Å². The van der Waals surface area contributed by atoms with E-state index in [4.69, 9.17) is 10.5 Å². The highest BCUT2D eigenvalue weighted by atomic mass is 16.5. The first-order chi connectivity index (χ1) is 6.22. The van der Waals surface area contributed by atoms with E-state index in [1.807, 2.05) is 0 Å². The van der Waals surface area contributed by atoms with Crippen molar-refractivity contribution in [2.24, 2.45) is 5.73 Å². The van der Waals surface area contributed by atoms with Crippen molar-refractivity contribution in [3.63, 3.8) is 0 Å². The highest BCUT2D eigenvalue weighted by Crippen LogP contribution is 2.16. The molecule has 2 atom stereocenters. The van der Waals surface area contributed by atoms with E-state index in [1.54, 1.807) is 0 Å². The minimum absolute atomic E-state index is 0.442. The third-order valence-electron chi connectivity index (χ3n) is 2.50. The SMILES string of the molecule is CC1CC(OCCCN)CC(C)N1. The van der Waals surface area contributed by atoms with Crippen LogP contribution < -0.4 is 11.1 Å². The second-order valence-electron chi connectivity index (χ2n) is 4.08. The molecular formula is C10H22N2O. The second kappa shape index (κ2) is 5.58. The molecule has 1 heterocycles. The first-order valence-electron chi connectivity index (χ1n) is 5.30. The monoisotopic (exact) mass is 186 g/mol. The summed E-state index contributed by atoms with van der Waals surface area (Å²) in [7, 11) is 0. The number of piperidine rings is 1. The van der Waals surface area contributed by atoms with Crippen LogP contribution in [0, 0.1) is 0 Å². The van der Waals surface area contributed by atoms with Crippen molar-refractivity contribution in [3.05, 3.63) is 0 Å². The van der Waals surface area contributed by atoms with Gasteiger partial charge in [0, 0.05) is 18.7 Å². The smallest absolute Gasteiger partial charge is 0.0604 e. The summed E-state index contributed by atoms with van der Waals surface area (Å²) < 4.78 is 5.74. The third kappa shape index (κ3) is 4.07. The zero-order valence-electron chi connectivity index (χ0n) is 8.75. The van der Waals surface area contributed by atoms with Crippen LogP contribution in [0.5, 0.6) is 0 Å². The van der Waals surface area contributed by atoms with Crippen molar-refractivity contribution in [2.75, 3.05) is 13.2 Å². The molecule has 1 aliphatic heterocycles. The van der Waals surface area contributed by atoms with E-state index in [-0.39, 0.29) is 0 Å². The summed E-state index contributed by atoms with van der Waals surface area (Å²) in [4.78, 5) is 0. The first-order valence-corrected chi connectivity index (χ1v) is 5.30. The molecule has 1 fully saturated rings. The number of rotatable bonds is 4. The van der Waals surface area contributed by atoms with Crippen molar-refractivity contribution in [1.29, 1.82) is 0 Å². The van der Waals surface area contributed by atoms with Gasteiger partial charge in [-0.3, -0.25) is 0 Å². The Hall–Kier alpha value is -0.120. The minimum atomic E-state index is 0.442. The van der Waals surface area contributed by atoms with Gasteiger partial charge >= 0.3 is 0 Å². The Balaban J connectivity index is 2.17. The van der Waals surface area contributed by atoms with E-state index in [2.05, 4.69) is 19.2 Å².